The summed E-state index contributed by atoms with van der Waals surface area (Å²) in [4.78, 5) is 4.70. The maximum absolute atomic E-state index is 15.5. The standard InChI is InChI=1S/C20H19F4N5OS/c1-30-19-7-5-17(31-19)12-2-6-18(27-9-12)20(23,24)15(10-29(26)11-28-25)14-4-3-13(21)8-16(14)22/h2-9,11,15H,10,25-26H2,1H3/b28-11-. The van der Waals surface area contributed by atoms with E-state index >= 15 is 8.78 Å². The molecule has 0 amide bonds. The van der Waals surface area contributed by atoms with Gasteiger partial charge >= 0.3 is 0 Å². The molecule has 0 saturated carbocycles. The van der Waals surface area contributed by atoms with E-state index in [0.29, 0.717) is 16.7 Å². The maximum atomic E-state index is 15.5. The number of hydrogen-bond acceptors (Lipinski definition) is 6. The summed E-state index contributed by atoms with van der Waals surface area (Å²) in [5.74, 6) is 3.20. The highest BCUT2D eigenvalue weighted by Crippen LogP contribution is 2.43. The second-order valence-corrected chi connectivity index (χ2v) is 7.60. The predicted molar refractivity (Wildman–Crippen MR) is 111 cm³/mol. The predicted octanol–water partition coefficient (Wildman–Crippen LogP) is 4.05. The monoisotopic (exact) mass is 453 g/mol. The van der Waals surface area contributed by atoms with Gasteiger partial charge in [0.05, 0.1) is 13.0 Å². The van der Waals surface area contributed by atoms with Crippen molar-refractivity contribution in [2.45, 2.75) is 11.8 Å². The van der Waals surface area contributed by atoms with Crippen molar-refractivity contribution >= 4 is 17.7 Å². The zero-order chi connectivity index (χ0) is 22.6. The van der Waals surface area contributed by atoms with E-state index in [1.165, 1.54) is 30.7 Å². The maximum Gasteiger partial charge on any atom is 0.298 e. The van der Waals surface area contributed by atoms with Crippen molar-refractivity contribution in [3.05, 3.63) is 71.6 Å². The number of pyridine rings is 1. The van der Waals surface area contributed by atoms with Crippen LogP contribution in [-0.4, -0.2) is 30.0 Å². The normalized spacial score (nSPS) is 12.8. The third-order valence-corrected chi connectivity index (χ3v) is 5.65. The van der Waals surface area contributed by atoms with Crippen molar-refractivity contribution in [2.24, 2.45) is 16.8 Å². The number of benzene rings is 1. The third kappa shape index (κ3) is 4.94. The number of alkyl halides is 2. The second kappa shape index (κ2) is 9.31. The first-order chi connectivity index (χ1) is 14.8. The molecule has 0 aliphatic rings. The molecule has 6 nitrogen and oxygen atoms in total. The Labute approximate surface area is 179 Å². The van der Waals surface area contributed by atoms with Crippen molar-refractivity contribution in [3.8, 4) is 15.5 Å². The number of rotatable bonds is 8. The SMILES string of the molecule is COc1ccc(-c2ccc(C(F)(F)C(CN(N)/C=N\N)c3ccc(F)cc3F)nc2)s1. The topological polar surface area (TPSA) is 89.8 Å². The van der Waals surface area contributed by atoms with Crippen LogP contribution in [-0.2, 0) is 5.92 Å². The van der Waals surface area contributed by atoms with E-state index in [9.17, 15) is 8.78 Å². The van der Waals surface area contributed by atoms with Crippen molar-refractivity contribution in [1.29, 1.82) is 0 Å². The lowest BCUT2D eigenvalue weighted by molar-refractivity contribution is -0.0443. The van der Waals surface area contributed by atoms with Crippen LogP contribution in [0.3, 0.4) is 0 Å². The Morgan fingerprint density at radius 3 is 2.58 bits per heavy atom. The molecule has 0 saturated heterocycles. The molecule has 3 rings (SSSR count). The van der Waals surface area contributed by atoms with Crippen LogP contribution >= 0.6 is 11.3 Å². The summed E-state index contributed by atoms with van der Waals surface area (Å²) in [6.07, 6.45) is 2.22. The fourth-order valence-electron chi connectivity index (χ4n) is 3.04. The Morgan fingerprint density at radius 1 is 1.23 bits per heavy atom. The average molecular weight is 453 g/mol. The first-order valence-electron chi connectivity index (χ1n) is 8.94. The molecule has 1 unspecified atom stereocenters. The first kappa shape index (κ1) is 22.5. The van der Waals surface area contributed by atoms with E-state index in [0.717, 1.165) is 34.4 Å². The minimum atomic E-state index is -3.65. The lowest BCUT2D eigenvalue weighted by Gasteiger charge is -2.29. The molecule has 164 valence electrons. The van der Waals surface area contributed by atoms with Gasteiger partial charge in [0.2, 0.25) is 0 Å². The molecular formula is C20H19F4N5OS. The van der Waals surface area contributed by atoms with Crippen molar-refractivity contribution in [3.63, 3.8) is 0 Å². The van der Waals surface area contributed by atoms with Crippen LogP contribution in [0, 0.1) is 11.6 Å². The Balaban J connectivity index is 1.98. The molecule has 0 fully saturated rings. The Bertz CT molecular complexity index is 1060. The number of aromatic nitrogens is 1. The highest BCUT2D eigenvalue weighted by atomic mass is 32.1. The second-order valence-electron chi connectivity index (χ2n) is 6.56. The number of thiophene rings is 1. The number of hydrogen-bond donors (Lipinski definition) is 2. The zero-order valence-corrected chi connectivity index (χ0v) is 17.1. The summed E-state index contributed by atoms with van der Waals surface area (Å²) in [7, 11) is 1.53. The van der Waals surface area contributed by atoms with Crippen LogP contribution in [0.1, 0.15) is 17.2 Å². The minimum Gasteiger partial charge on any atom is -0.487 e. The van der Waals surface area contributed by atoms with Gasteiger partial charge in [0.15, 0.2) is 5.06 Å². The van der Waals surface area contributed by atoms with E-state index in [1.807, 2.05) is 0 Å². The largest absolute Gasteiger partial charge is 0.487 e. The fraction of sp³-hybridized carbons (Fsp3) is 0.200. The minimum absolute atomic E-state index is 0.416. The molecular weight excluding hydrogens is 434 g/mol. The lowest BCUT2D eigenvalue weighted by atomic mass is 9.89. The van der Waals surface area contributed by atoms with Gasteiger partial charge < -0.3 is 10.6 Å². The van der Waals surface area contributed by atoms with Crippen LogP contribution in [0.25, 0.3) is 10.4 Å². The molecule has 0 aliphatic heterocycles. The van der Waals surface area contributed by atoms with Crippen LogP contribution < -0.4 is 16.4 Å². The first-order valence-corrected chi connectivity index (χ1v) is 9.76. The van der Waals surface area contributed by atoms with Crippen LogP contribution in [0.15, 0.2) is 53.8 Å². The summed E-state index contributed by atoms with van der Waals surface area (Å²) < 4.78 is 63.8. The Kier molecular flexibility index (Phi) is 6.76. The summed E-state index contributed by atoms with van der Waals surface area (Å²) in [6, 6.07) is 8.59. The van der Waals surface area contributed by atoms with Crippen molar-refractivity contribution in [1.82, 2.24) is 9.99 Å². The lowest BCUT2D eigenvalue weighted by Crippen LogP contribution is -2.40. The molecule has 0 radical (unpaired) electrons. The van der Waals surface area contributed by atoms with Gasteiger partial charge in [0.1, 0.15) is 23.7 Å². The molecule has 1 atom stereocenters. The molecule has 3 aromatic rings. The van der Waals surface area contributed by atoms with Gasteiger partial charge in [0, 0.05) is 29.2 Å². The van der Waals surface area contributed by atoms with Gasteiger partial charge in [0.25, 0.3) is 5.92 Å². The van der Waals surface area contributed by atoms with E-state index in [1.54, 1.807) is 12.1 Å². The number of methoxy groups -OCH3 is 1. The summed E-state index contributed by atoms with van der Waals surface area (Å²) in [6.45, 7) is -0.554. The smallest absolute Gasteiger partial charge is 0.298 e. The highest BCUT2D eigenvalue weighted by Gasteiger charge is 2.45. The Morgan fingerprint density at radius 2 is 2.00 bits per heavy atom. The third-order valence-electron chi connectivity index (χ3n) is 4.56. The number of nitrogens with zero attached hydrogens (tertiary/aromatic N) is 3. The summed E-state index contributed by atoms with van der Waals surface area (Å²) in [5.41, 5.74) is -0.388. The highest BCUT2D eigenvalue weighted by molar-refractivity contribution is 7.17. The van der Waals surface area contributed by atoms with Gasteiger partial charge in [-0.05, 0) is 35.9 Å². The fourth-order valence-corrected chi connectivity index (χ4v) is 3.85. The quantitative estimate of drug-likeness (QED) is 0.177. The summed E-state index contributed by atoms with van der Waals surface area (Å²) in [5, 5.41) is 4.65. The molecule has 1 aromatic carbocycles. The number of nitrogens with two attached hydrogens (primary N) is 2. The van der Waals surface area contributed by atoms with Gasteiger partial charge in [-0.25, -0.2) is 14.6 Å². The van der Waals surface area contributed by atoms with E-state index in [2.05, 4.69) is 10.1 Å². The van der Waals surface area contributed by atoms with Crippen LogP contribution in [0.2, 0.25) is 0 Å². The number of hydrazone groups is 1. The summed E-state index contributed by atoms with van der Waals surface area (Å²) >= 11 is 1.34. The van der Waals surface area contributed by atoms with Gasteiger partial charge in [-0.2, -0.15) is 13.9 Å². The van der Waals surface area contributed by atoms with E-state index in [4.69, 9.17) is 16.4 Å². The Hall–Kier alpha value is -3.18. The number of hydrazine groups is 1. The van der Waals surface area contributed by atoms with E-state index < -0.39 is 41.3 Å². The molecule has 31 heavy (non-hydrogen) atoms. The molecule has 11 heteroatoms. The van der Waals surface area contributed by atoms with Gasteiger partial charge in [-0.1, -0.05) is 17.4 Å². The number of ether oxygens (including phenoxy) is 1. The van der Waals surface area contributed by atoms with Crippen molar-refractivity contribution < 1.29 is 22.3 Å². The average Bonchev–Trinajstić information content (AvgIpc) is 3.22. The van der Waals surface area contributed by atoms with Crippen LogP contribution in [0.4, 0.5) is 17.6 Å². The molecule has 2 aromatic heterocycles. The molecule has 4 N–H and O–H groups in total. The number of halogens is 4. The van der Waals surface area contributed by atoms with Crippen LogP contribution in [0.5, 0.6) is 5.06 Å². The van der Waals surface area contributed by atoms with Gasteiger partial charge in [-0.15, -0.1) is 0 Å². The molecule has 2 heterocycles. The zero-order valence-electron chi connectivity index (χ0n) is 16.3. The molecule has 0 aliphatic carbocycles. The molecule has 0 bridgehead atoms. The van der Waals surface area contributed by atoms with Gasteiger partial charge in [-0.3, -0.25) is 9.99 Å². The van der Waals surface area contributed by atoms with Crippen molar-refractivity contribution in [2.75, 3.05) is 13.7 Å². The molecule has 0 spiro atoms. The van der Waals surface area contributed by atoms with E-state index in [-0.39, 0.29) is 0 Å².